The lowest BCUT2D eigenvalue weighted by atomic mass is 10.3. The fourth-order valence-corrected chi connectivity index (χ4v) is 1.13. The molecule has 4 heteroatoms. The normalized spacial score (nSPS) is 11.3. The van der Waals surface area contributed by atoms with Crippen molar-refractivity contribution in [2.45, 2.75) is 13.0 Å². The first-order valence-corrected chi connectivity index (χ1v) is 5.13. The summed E-state index contributed by atoms with van der Waals surface area (Å²) in [5.74, 6) is 2.74. The third-order valence-electron chi connectivity index (χ3n) is 1.81. The summed E-state index contributed by atoms with van der Waals surface area (Å²) in [5, 5.41) is 3.21. The second kappa shape index (κ2) is 6.04. The lowest BCUT2D eigenvalue weighted by Crippen LogP contribution is -2.35. The number of ether oxygens (including phenoxy) is 1. The molecular formula is C12H12ClNO2. The Morgan fingerprint density at radius 2 is 2.19 bits per heavy atom. The number of halogens is 1. The topological polar surface area (TPSA) is 38.3 Å². The molecule has 16 heavy (non-hydrogen) atoms. The van der Waals surface area contributed by atoms with E-state index in [0.29, 0.717) is 10.8 Å². The van der Waals surface area contributed by atoms with E-state index in [2.05, 4.69) is 11.2 Å². The van der Waals surface area contributed by atoms with Gasteiger partial charge in [0.15, 0.2) is 6.61 Å². The van der Waals surface area contributed by atoms with E-state index in [0.717, 1.165) is 0 Å². The molecule has 1 atom stereocenters. The van der Waals surface area contributed by atoms with Crippen molar-refractivity contribution in [2.24, 2.45) is 0 Å². The molecule has 0 spiro atoms. The fourth-order valence-electron chi connectivity index (χ4n) is 1.00. The minimum absolute atomic E-state index is 0.0619. The van der Waals surface area contributed by atoms with Gasteiger partial charge in [0.05, 0.1) is 6.04 Å². The van der Waals surface area contributed by atoms with Gasteiger partial charge in [0, 0.05) is 5.02 Å². The van der Waals surface area contributed by atoms with E-state index in [9.17, 15) is 4.79 Å². The Bertz CT molecular complexity index is 394. The summed E-state index contributed by atoms with van der Waals surface area (Å²) in [6.07, 6.45) is 5.12. The van der Waals surface area contributed by atoms with Gasteiger partial charge in [0.25, 0.3) is 5.91 Å². The highest BCUT2D eigenvalue weighted by molar-refractivity contribution is 6.30. The first-order valence-electron chi connectivity index (χ1n) is 4.75. The summed E-state index contributed by atoms with van der Waals surface area (Å²) in [7, 11) is 0. The highest BCUT2D eigenvalue weighted by Crippen LogP contribution is 2.15. The molecule has 0 fully saturated rings. The van der Waals surface area contributed by atoms with Crippen molar-refractivity contribution in [2.75, 3.05) is 6.61 Å². The molecule has 0 aromatic heterocycles. The summed E-state index contributed by atoms with van der Waals surface area (Å²) in [5.41, 5.74) is 0. The number of benzene rings is 1. The molecule has 0 saturated carbocycles. The summed E-state index contributed by atoms with van der Waals surface area (Å²) >= 11 is 5.71. The van der Waals surface area contributed by atoms with E-state index in [4.69, 9.17) is 22.8 Å². The molecule has 3 nitrogen and oxygen atoms in total. The maximum absolute atomic E-state index is 11.3. The third-order valence-corrected chi connectivity index (χ3v) is 2.06. The van der Waals surface area contributed by atoms with Gasteiger partial charge in [-0.1, -0.05) is 17.5 Å². The zero-order valence-corrected chi connectivity index (χ0v) is 9.62. The van der Waals surface area contributed by atoms with E-state index in [1.54, 1.807) is 31.2 Å². The Morgan fingerprint density at radius 3 is 2.75 bits per heavy atom. The molecule has 0 bridgehead atoms. The van der Waals surface area contributed by atoms with Crippen LogP contribution < -0.4 is 10.1 Å². The molecule has 1 rings (SSSR count). The van der Waals surface area contributed by atoms with E-state index < -0.39 is 0 Å². The Balaban J connectivity index is 2.38. The maximum atomic E-state index is 11.3. The molecule has 1 aromatic rings. The molecule has 0 radical (unpaired) electrons. The molecule has 1 unspecified atom stereocenters. The van der Waals surface area contributed by atoms with Gasteiger partial charge in [-0.15, -0.1) is 6.42 Å². The third kappa shape index (κ3) is 4.24. The van der Waals surface area contributed by atoms with Crippen LogP contribution in [0, 0.1) is 12.3 Å². The molecule has 1 N–H and O–H groups in total. The summed E-state index contributed by atoms with van der Waals surface area (Å²) in [4.78, 5) is 11.3. The van der Waals surface area contributed by atoms with Crippen molar-refractivity contribution in [3.05, 3.63) is 29.3 Å². The molecule has 0 saturated heterocycles. The quantitative estimate of drug-likeness (QED) is 0.812. The number of hydrogen-bond acceptors (Lipinski definition) is 2. The van der Waals surface area contributed by atoms with Crippen molar-refractivity contribution >= 4 is 17.5 Å². The Kier molecular flexibility index (Phi) is 4.68. The molecule has 84 valence electrons. The minimum Gasteiger partial charge on any atom is -0.484 e. The minimum atomic E-state index is -0.290. The van der Waals surface area contributed by atoms with E-state index in [-0.39, 0.29) is 18.6 Å². The number of terminal acetylenes is 1. The number of amides is 1. The van der Waals surface area contributed by atoms with Crippen LogP contribution >= 0.6 is 11.6 Å². The van der Waals surface area contributed by atoms with Crippen molar-refractivity contribution in [3.63, 3.8) is 0 Å². The number of rotatable bonds is 4. The molecule has 1 amide bonds. The lowest BCUT2D eigenvalue weighted by Gasteiger charge is -2.09. The van der Waals surface area contributed by atoms with E-state index >= 15 is 0 Å². The van der Waals surface area contributed by atoms with E-state index in [1.807, 2.05) is 0 Å². The molecule has 0 aliphatic carbocycles. The molecule has 1 aromatic carbocycles. The monoisotopic (exact) mass is 237 g/mol. The van der Waals surface area contributed by atoms with Crippen LogP contribution in [0.1, 0.15) is 6.92 Å². The fraction of sp³-hybridized carbons (Fsp3) is 0.250. The average Bonchev–Trinajstić information content (AvgIpc) is 2.28. The van der Waals surface area contributed by atoms with Crippen molar-refractivity contribution in [3.8, 4) is 18.1 Å². The van der Waals surface area contributed by atoms with Gasteiger partial charge in [-0.05, 0) is 31.2 Å². The van der Waals surface area contributed by atoms with Gasteiger partial charge in [0.2, 0.25) is 0 Å². The van der Waals surface area contributed by atoms with Crippen LogP contribution in [0.3, 0.4) is 0 Å². The van der Waals surface area contributed by atoms with Gasteiger partial charge >= 0.3 is 0 Å². The molecular weight excluding hydrogens is 226 g/mol. The SMILES string of the molecule is C#CC(C)NC(=O)COc1ccc(Cl)cc1. The summed E-state index contributed by atoms with van der Waals surface area (Å²) in [6.45, 7) is 1.66. The standard InChI is InChI=1S/C12H12ClNO2/c1-3-9(2)14-12(15)8-16-11-6-4-10(13)5-7-11/h1,4-7,9H,8H2,2H3,(H,14,15). The van der Waals surface area contributed by atoms with Gasteiger partial charge < -0.3 is 10.1 Å². The van der Waals surface area contributed by atoms with Crippen LogP contribution in [-0.2, 0) is 4.79 Å². The zero-order valence-electron chi connectivity index (χ0n) is 8.87. The predicted molar refractivity (Wildman–Crippen MR) is 63.4 cm³/mol. The Labute approximate surface area is 99.7 Å². The second-order valence-corrected chi connectivity index (χ2v) is 3.63. The first-order chi connectivity index (χ1) is 7.61. The lowest BCUT2D eigenvalue weighted by molar-refractivity contribution is -0.123. The zero-order chi connectivity index (χ0) is 12.0. The summed E-state index contributed by atoms with van der Waals surface area (Å²) < 4.78 is 5.23. The molecule has 0 aliphatic rings. The average molecular weight is 238 g/mol. The van der Waals surface area contributed by atoms with Crippen LogP contribution in [0.25, 0.3) is 0 Å². The second-order valence-electron chi connectivity index (χ2n) is 3.20. The number of nitrogens with one attached hydrogen (secondary N) is 1. The van der Waals surface area contributed by atoms with Crippen LogP contribution in [0.5, 0.6) is 5.75 Å². The van der Waals surface area contributed by atoms with Crippen LogP contribution in [-0.4, -0.2) is 18.6 Å². The Hall–Kier alpha value is -1.66. The highest BCUT2D eigenvalue weighted by atomic mass is 35.5. The number of carbonyl (C=O) groups is 1. The summed E-state index contributed by atoms with van der Waals surface area (Å²) in [6, 6.07) is 6.49. The first kappa shape index (κ1) is 12.4. The van der Waals surface area contributed by atoms with Gasteiger partial charge in [-0.3, -0.25) is 4.79 Å². The molecule has 0 aliphatic heterocycles. The van der Waals surface area contributed by atoms with Crippen molar-refractivity contribution in [1.82, 2.24) is 5.32 Å². The van der Waals surface area contributed by atoms with Crippen LogP contribution in [0.2, 0.25) is 5.02 Å². The largest absolute Gasteiger partial charge is 0.484 e. The van der Waals surface area contributed by atoms with Gasteiger partial charge in [-0.2, -0.15) is 0 Å². The Morgan fingerprint density at radius 1 is 1.56 bits per heavy atom. The molecule has 0 heterocycles. The van der Waals surface area contributed by atoms with Gasteiger partial charge in [-0.25, -0.2) is 0 Å². The predicted octanol–water partition coefficient (Wildman–Crippen LogP) is 1.86. The van der Waals surface area contributed by atoms with Crippen LogP contribution in [0.15, 0.2) is 24.3 Å². The van der Waals surface area contributed by atoms with E-state index in [1.165, 1.54) is 0 Å². The van der Waals surface area contributed by atoms with Crippen LogP contribution in [0.4, 0.5) is 0 Å². The van der Waals surface area contributed by atoms with Crippen molar-refractivity contribution in [1.29, 1.82) is 0 Å². The number of carbonyl (C=O) groups excluding carboxylic acids is 1. The highest BCUT2D eigenvalue weighted by Gasteiger charge is 2.05. The van der Waals surface area contributed by atoms with Crippen molar-refractivity contribution < 1.29 is 9.53 Å². The number of hydrogen-bond donors (Lipinski definition) is 1. The van der Waals surface area contributed by atoms with Gasteiger partial charge in [0.1, 0.15) is 5.75 Å². The smallest absolute Gasteiger partial charge is 0.258 e. The maximum Gasteiger partial charge on any atom is 0.258 e.